The number of hydrogen-bond donors (Lipinski definition) is 2. The second-order valence-corrected chi connectivity index (χ2v) is 5.64. The van der Waals surface area contributed by atoms with Crippen molar-refractivity contribution in [3.8, 4) is 0 Å². The number of aliphatic hydroxyl groups is 1. The van der Waals surface area contributed by atoms with Crippen LogP contribution in [0.3, 0.4) is 0 Å². The van der Waals surface area contributed by atoms with Crippen molar-refractivity contribution in [3.63, 3.8) is 0 Å². The summed E-state index contributed by atoms with van der Waals surface area (Å²) >= 11 is 5.90. The summed E-state index contributed by atoms with van der Waals surface area (Å²) < 4.78 is 0. The third-order valence-electron chi connectivity index (χ3n) is 3.88. The molecule has 0 aliphatic carbocycles. The van der Waals surface area contributed by atoms with Crippen LogP contribution in [0.2, 0.25) is 5.02 Å². The van der Waals surface area contributed by atoms with Crippen LogP contribution in [0.1, 0.15) is 13.3 Å². The quantitative estimate of drug-likeness (QED) is 0.897. The van der Waals surface area contributed by atoms with Gasteiger partial charge in [-0.15, -0.1) is 0 Å². The number of piperazine rings is 1. The van der Waals surface area contributed by atoms with E-state index in [4.69, 9.17) is 11.6 Å². The Labute approximate surface area is 130 Å². The van der Waals surface area contributed by atoms with E-state index < -0.39 is 0 Å². The van der Waals surface area contributed by atoms with Crippen molar-refractivity contribution in [2.24, 2.45) is 0 Å². The molecule has 1 heterocycles. The van der Waals surface area contributed by atoms with E-state index >= 15 is 0 Å². The number of nitrogens with zero attached hydrogens (tertiary/aromatic N) is 2. The first-order valence-corrected chi connectivity index (χ1v) is 7.68. The fourth-order valence-electron chi connectivity index (χ4n) is 2.56. The van der Waals surface area contributed by atoms with E-state index in [9.17, 15) is 9.90 Å². The number of benzene rings is 1. The first-order valence-electron chi connectivity index (χ1n) is 7.30. The van der Waals surface area contributed by atoms with E-state index in [0.717, 1.165) is 19.5 Å². The number of aliphatic hydroxyl groups excluding tert-OH is 1. The van der Waals surface area contributed by atoms with Gasteiger partial charge in [-0.3, -0.25) is 4.90 Å². The summed E-state index contributed by atoms with van der Waals surface area (Å²) in [6, 6.07) is 7.23. The zero-order valence-electron chi connectivity index (χ0n) is 12.3. The van der Waals surface area contributed by atoms with Crippen molar-refractivity contribution in [3.05, 3.63) is 29.3 Å². The minimum absolute atomic E-state index is 0.103. The molecule has 0 aromatic heterocycles. The number of carbonyl (C=O) groups is 1. The number of urea groups is 1. The molecule has 0 saturated carbocycles. The van der Waals surface area contributed by atoms with Crippen LogP contribution in [0, 0.1) is 0 Å². The molecule has 116 valence electrons. The zero-order chi connectivity index (χ0) is 15.2. The summed E-state index contributed by atoms with van der Waals surface area (Å²) in [5, 5.41) is 12.8. The molecule has 2 N–H and O–H groups in total. The molecular formula is C15H22ClN3O2. The van der Waals surface area contributed by atoms with Gasteiger partial charge in [0.25, 0.3) is 0 Å². The van der Waals surface area contributed by atoms with Gasteiger partial charge < -0.3 is 15.3 Å². The van der Waals surface area contributed by atoms with Crippen molar-refractivity contribution in [2.45, 2.75) is 19.4 Å². The van der Waals surface area contributed by atoms with Crippen molar-refractivity contribution in [1.82, 2.24) is 9.80 Å². The van der Waals surface area contributed by atoms with Gasteiger partial charge in [-0.2, -0.15) is 0 Å². The number of hydrogen-bond acceptors (Lipinski definition) is 3. The van der Waals surface area contributed by atoms with E-state index in [1.807, 2.05) is 12.1 Å². The van der Waals surface area contributed by atoms with Gasteiger partial charge in [-0.1, -0.05) is 24.6 Å². The summed E-state index contributed by atoms with van der Waals surface area (Å²) in [6.45, 7) is 5.17. The van der Waals surface area contributed by atoms with Crippen LogP contribution in [0.15, 0.2) is 24.3 Å². The summed E-state index contributed by atoms with van der Waals surface area (Å²) in [6.07, 6.45) is 0.922. The third kappa shape index (κ3) is 4.33. The van der Waals surface area contributed by atoms with Crippen LogP contribution < -0.4 is 5.32 Å². The molecule has 2 amide bonds. The molecule has 1 unspecified atom stereocenters. The maximum absolute atomic E-state index is 12.2. The molecular weight excluding hydrogens is 290 g/mol. The fraction of sp³-hybridized carbons (Fsp3) is 0.533. The summed E-state index contributed by atoms with van der Waals surface area (Å²) in [5.74, 6) is 0. The van der Waals surface area contributed by atoms with Crippen LogP contribution >= 0.6 is 11.6 Å². The molecule has 21 heavy (non-hydrogen) atoms. The Hall–Kier alpha value is -1.30. The number of halogens is 1. The van der Waals surface area contributed by atoms with Crippen molar-refractivity contribution in [2.75, 3.05) is 38.1 Å². The number of rotatable bonds is 4. The van der Waals surface area contributed by atoms with Crippen LogP contribution in [0.4, 0.5) is 10.5 Å². The zero-order valence-corrected chi connectivity index (χ0v) is 13.0. The van der Waals surface area contributed by atoms with E-state index in [0.29, 0.717) is 23.8 Å². The normalized spacial score (nSPS) is 17.6. The molecule has 2 rings (SSSR count). The molecule has 5 nitrogen and oxygen atoms in total. The third-order valence-corrected chi connectivity index (χ3v) is 4.11. The number of amides is 2. The van der Waals surface area contributed by atoms with Gasteiger partial charge in [0.1, 0.15) is 0 Å². The van der Waals surface area contributed by atoms with Gasteiger partial charge in [0.15, 0.2) is 0 Å². The largest absolute Gasteiger partial charge is 0.395 e. The second kappa shape index (κ2) is 7.64. The smallest absolute Gasteiger partial charge is 0.321 e. The predicted molar refractivity (Wildman–Crippen MR) is 84.8 cm³/mol. The monoisotopic (exact) mass is 311 g/mol. The summed E-state index contributed by atoms with van der Waals surface area (Å²) in [7, 11) is 0. The molecule has 1 fully saturated rings. The van der Waals surface area contributed by atoms with Gasteiger partial charge in [0.2, 0.25) is 0 Å². The molecule has 1 aromatic carbocycles. The standard InChI is InChI=1S/C15H22ClN3O2/c1-2-14(11-20)18-6-8-19(9-7-18)15(21)17-13-5-3-4-12(16)10-13/h3-5,10,14,20H,2,6-9,11H2,1H3,(H,17,21). The lowest BCUT2D eigenvalue weighted by atomic mass is 10.2. The predicted octanol–water partition coefficient (Wildman–Crippen LogP) is 2.26. The number of carbonyl (C=O) groups excluding carboxylic acids is 1. The van der Waals surface area contributed by atoms with Gasteiger partial charge in [0.05, 0.1) is 6.61 Å². The van der Waals surface area contributed by atoms with E-state index in [1.54, 1.807) is 17.0 Å². The van der Waals surface area contributed by atoms with Crippen LogP contribution in [-0.2, 0) is 0 Å². The fourth-order valence-corrected chi connectivity index (χ4v) is 2.75. The molecule has 1 aromatic rings. The van der Waals surface area contributed by atoms with Crippen molar-refractivity contribution in [1.29, 1.82) is 0 Å². The van der Waals surface area contributed by atoms with Gasteiger partial charge >= 0.3 is 6.03 Å². The molecule has 6 heteroatoms. The molecule has 0 bridgehead atoms. The summed E-state index contributed by atoms with van der Waals surface area (Å²) in [5.41, 5.74) is 0.705. The molecule has 0 radical (unpaired) electrons. The molecule has 0 spiro atoms. The van der Waals surface area contributed by atoms with Gasteiger partial charge in [0, 0.05) is 42.9 Å². The highest BCUT2D eigenvalue weighted by atomic mass is 35.5. The summed E-state index contributed by atoms with van der Waals surface area (Å²) in [4.78, 5) is 16.2. The average Bonchev–Trinajstić information content (AvgIpc) is 2.49. The van der Waals surface area contributed by atoms with Gasteiger partial charge in [-0.25, -0.2) is 4.79 Å². The Balaban J connectivity index is 1.86. The first-order chi connectivity index (χ1) is 10.1. The Morgan fingerprint density at radius 2 is 2.10 bits per heavy atom. The van der Waals surface area contributed by atoms with Crippen molar-refractivity contribution >= 4 is 23.3 Å². The molecule has 1 atom stereocenters. The minimum atomic E-state index is -0.103. The Morgan fingerprint density at radius 3 is 2.67 bits per heavy atom. The van der Waals surface area contributed by atoms with E-state index in [-0.39, 0.29) is 18.7 Å². The maximum Gasteiger partial charge on any atom is 0.321 e. The topological polar surface area (TPSA) is 55.8 Å². The highest BCUT2D eigenvalue weighted by molar-refractivity contribution is 6.30. The highest BCUT2D eigenvalue weighted by Crippen LogP contribution is 2.16. The van der Waals surface area contributed by atoms with E-state index in [1.165, 1.54) is 0 Å². The lowest BCUT2D eigenvalue weighted by molar-refractivity contribution is 0.0766. The minimum Gasteiger partial charge on any atom is -0.395 e. The number of anilines is 1. The van der Waals surface area contributed by atoms with Gasteiger partial charge in [-0.05, 0) is 24.6 Å². The van der Waals surface area contributed by atoms with Crippen molar-refractivity contribution < 1.29 is 9.90 Å². The molecule has 1 saturated heterocycles. The average molecular weight is 312 g/mol. The van der Waals surface area contributed by atoms with Crippen LogP contribution in [0.25, 0.3) is 0 Å². The lowest BCUT2D eigenvalue weighted by Crippen LogP contribution is -2.53. The Morgan fingerprint density at radius 1 is 1.38 bits per heavy atom. The Bertz CT molecular complexity index is 472. The SMILES string of the molecule is CCC(CO)N1CCN(C(=O)Nc2cccc(Cl)c2)CC1. The van der Waals surface area contributed by atoms with E-state index in [2.05, 4.69) is 17.1 Å². The second-order valence-electron chi connectivity index (χ2n) is 5.21. The number of nitrogens with one attached hydrogen (secondary N) is 1. The lowest BCUT2D eigenvalue weighted by Gasteiger charge is -2.38. The Kier molecular flexibility index (Phi) is 5.85. The van der Waals surface area contributed by atoms with Crippen LogP contribution in [0.5, 0.6) is 0 Å². The first kappa shape index (κ1) is 16.1. The molecule has 1 aliphatic rings. The van der Waals surface area contributed by atoms with Crippen LogP contribution in [-0.4, -0.2) is 59.8 Å². The maximum atomic E-state index is 12.2. The highest BCUT2D eigenvalue weighted by Gasteiger charge is 2.24. The molecule has 1 aliphatic heterocycles.